The van der Waals surface area contributed by atoms with E-state index >= 15 is 0 Å². The first-order valence-electron chi connectivity index (χ1n) is 8.54. The number of benzene rings is 1. The number of anilines is 1. The van der Waals surface area contributed by atoms with Gasteiger partial charge in [0.2, 0.25) is 0 Å². The number of rotatable bonds is 4. The lowest BCUT2D eigenvalue weighted by atomic mass is 10.0. The highest BCUT2D eigenvalue weighted by atomic mass is 35.5. The molecule has 0 aliphatic heterocycles. The van der Waals surface area contributed by atoms with Gasteiger partial charge in [-0.1, -0.05) is 11.6 Å². The largest absolute Gasteiger partial charge is 0.416 e. The smallest absolute Gasteiger partial charge is 0.399 e. The first-order chi connectivity index (χ1) is 14.0. The molecular weight excluding hydrogens is 425 g/mol. The summed E-state index contributed by atoms with van der Waals surface area (Å²) in [6, 6.07) is 4.57. The van der Waals surface area contributed by atoms with E-state index in [-0.39, 0.29) is 27.8 Å². The first-order valence-corrected chi connectivity index (χ1v) is 8.92. The number of aryl methyl sites for hydroxylation is 1. The fourth-order valence-electron chi connectivity index (χ4n) is 2.70. The lowest BCUT2D eigenvalue weighted by Crippen LogP contribution is -2.31. The van der Waals surface area contributed by atoms with Crippen molar-refractivity contribution in [3.63, 3.8) is 0 Å². The molecule has 2 aromatic heterocycles. The van der Waals surface area contributed by atoms with Gasteiger partial charge in [0, 0.05) is 18.8 Å². The Kier molecular flexibility index (Phi) is 5.57. The van der Waals surface area contributed by atoms with E-state index in [1.807, 2.05) is 0 Å². The van der Waals surface area contributed by atoms with Gasteiger partial charge in [-0.15, -0.1) is 0 Å². The Hall–Kier alpha value is -3.34. The maximum Gasteiger partial charge on any atom is 0.416 e. The summed E-state index contributed by atoms with van der Waals surface area (Å²) in [6.07, 6.45) is -3.26. The molecule has 1 atom stereocenters. The molecule has 0 fully saturated rings. The molecule has 30 heavy (non-hydrogen) atoms. The Bertz CT molecular complexity index is 1170. The quantitative estimate of drug-likeness (QED) is 0.606. The number of carbonyl (C=O) groups excluding carboxylic acids is 1. The number of nitrogen functional groups attached to an aromatic ring is 1. The normalized spacial score (nSPS) is 12.6. The fourth-order valence-corrected chi connectivity index (χ4v) is 2.87. The second-order valence-electron chi connectivity index (χ2n) is 6.49. The Balaban J connectivity index is 1.88. The van der Waals surface area contributed by atoms with Gasteiger partial charge >= 0.3 is 6.18 Å². The zero-order valence-corrected chi connectivity index (χ0v) is 16.5. The van der Waals surface area contributed by atoms with E-state index in [2.05, 4.69) is 15.5 Å². The summed E-state index contributed by atoms with van der Waals surface area (Å²) in [5.41, 5.74) is 4.23. The van der Waals surface area contributed by atoms with Crippen LogP contribution in [-0.4, -0.2) is 25.5 Å². The van der Waals surface area contributed by atoms with Gasteiger partial charge < -0.3 is 11.1 Å². The first kappa shape index (κ1) is 21.4. The molecule has 1 aromatic carbocycles. The molecule has 158 valence electrons. The number of alkyl halides is 3. The molecule has 1 amide bonds. The van der Waals surface area contributed by atoms with E-state index in [0.29, 0.717) is 0 Å². The van der Waals surface area contributed by atoms with Crippen LogP contribution in [0.1, 0.15) is 34.6 Å². The third kappa shape index (κ3) is 4.30. The van der Waals surface area contributed by atoms with Crippen LogP contribution in [0.25, 0.3) is 5.69 Å². The molecule has 8 nitrogen and oxygen atoms in total. The van der Waals surface area contributed by atoms with Crippen LogP contribution >= 0.6 is 11.6 Å². The van der Waals surface area contributed by atoms with Crippen LogP contribution in [0.4, 0.5) is 18.9 Å². The summed E-state index contributed by atoms with van der Waals surface area (Å²) in [4.78, 5) is 24.7. The molecule has 3 aromatic rings. The van der Waals surface area contributed by atoms with Gasteiger partial charge in [0.05, 0.1) is 17.8 Å². The van der Waals surface area contributed by atoms with E-state index in [9.17, 15) is 22.8 Å². The zero-order valence-electron chi connectivity index (χ0n) is 15.7. The van der Waals surface area contributed by atoms with Crippen LogP contribution in [0.2, 0.25) is 5.15 Å². The van der Waals surface area contributed by atoms with E-state index in [1.54, 1.807) is 7.05 Å². The van der Waals surface area contributed by atoms with Crippen LogP contribution in [0, 0.1) is 0 Å². The minimum Gasteiger partial charge on any atom is -0.399 e. The molecule has 0 spiro atoms. The van der Waals surface area contributed by atoms with Crippen LogP contribution < -0.4 is 16.6 Å². The van der Waals surface area contributed by atoms with Gasteiger partial charge in [-0.25, -0.2) is 0 Å². The van der Waals surface area contributed by atoms with Crippen molar-refractivity contribution in [3.05, 3.63) is 68.9 Å². The number of carbonyl (C=O) groups is 1. The van der Waals surface area contributed by atoms with Gasteiger partial charge in [-0.2, -0.15) is 28.1 Å². The van der Waals surface area contributed by atoms with E-state index in [1.165, 1.54) is 29.9 Å². The van der Waals surface area contributed by atoms with Crippen LogP contribution in [0.15, 0.2) is 41.3 Å². The van der Waals surface area contributed by atoms with Gasteiger partial charge in [0.25, 0.3) is 11.5 Å². The van der Waals surface area contributed by atoms with E-state index in [0.717, 1.165) is 22.9 Å². The monoisotopic (exact) mass is 440 g/mol. The molecule has 0 saturated heterocycles. The average Bonchev–Trinajstić information content (AvgIpc) is 2.99. The van der Waals surface area contributed by atoms with Crippen molar-refractivity contribution in [1.29, 1.82) is 0 Å². The maximum absolute atomic E-state index is 13.0. The molecule has 0 saturated carbocycles. The highest BCUT2D eigenvalue weighted by Crippen LogP contribution is 2.32. The molecule has 0 radical (unpaired) electrons. The number of hydrogen-bond acceptors (Lipinski definition) is 5. The van der Waals surface area contributed by atoms with Crippen molar-refractivity contribution >= 4 is 23.2 Å². The van der Waals surface area contributed by atoms with Crippen molar-refractivity contribution < 1.29 is 18.0 Å². The highest BCUT2D eigenvalue weighted by Gasteiger charge is 2.31. The minimum atomic E-state index is -4.58. The molecule has 0 aliphatic carbocycles. The predicted molar refractivity (Wildman–Crippen MR) is 103 cm³/mol. The molecule has 3 rings (SSSR count). The van der Waals surface area contributed by atoms with Gasteiger partial charge in [0.1, 0.15) is 11.4 Å². The molecule has 0 aliphatic rings. The lowest BCUT2D eigenvalue weighted by molar-refractivity contribution is -0.137. The maximum atomic E-state index is 13.0. The van der Waals surface area contributed by atoms with Gasteiger partial charge in [0.15, 0.2) is 5.15 Å². The molecule has 0 bridgehead atoms. The number of hydrogen-bond donors (Lipinski definition) is 2. The number of nitrogens with zero attached hydrogens (tertiary/aromatic N) is 4. The summed E-state index contributed by atoms with van der Waals surface area (Å²) < 4.78 is 41.3. The third-order valence-electron chi connectivity index (χ3n) is 4.26. The van der Waals surface area contributed by atoms with Crippen molar-refractivity contribution in [3.8, 4) is 5.69 Å². The predicted octanol–water partition coefficient (Wildman–Crippen LogP) is 2.71. The van der Waals surface area contributed by atoms with E-state index in [4.69, 9.17) is 17.3 Å². The van der Waals surface area contributed by atoms with E-state index < -0.39 is 29.2 Å². The second kappa shape index (κ2) is 7.82. The van der Waals surface area contributed by atoms with Crippen LogP contribution in [0.5, 0.6) is 0 Å². The summed E-state index contributed by atoms with van der Waals surface area (Å²) in [5.74, 6) is -0.702. The Labute approximate surface area is 173 Å². The van der Waals surface area contributed by atoms with Crippen molar-refractivity contribution in [2.75, 3.05) is 5.73 Å². The second-order valence-corrected chi connectivity index (χ2v) is 6.85. The summed E-state index contributed by atoms with van der Waals surface area (Å²) in [6.45, 7) is 1.50. The molecule has 12 heteroatoms. The molecular formula is C18H16ClF3N6O2. The van der Waals surface area contributed by atoms with Crippen molar-refractivity contribution in [2.24, 2.45) is 7.05 Å². The van der Waals surface area contributed by atoms with Crippen LogP contribution in [0.3, 0.4) is 0 Å². The van der Waals surface area contributed by atoms with Crippen molar-refractivity contribution in [2.45, 2.75) is 19.1 Å². The molecule has 3 N–H and O–H groups in total. The number of nitrogens with one attached hydrogen (secondary N) is 1. The van der Waals surface area contributed by atoms with Crippen molar-refractivity contribution in [1.82, 2.24) is 24.9 Å². The summed E-state index contributed by atoms with van der Waals surface area (Å²) >= 11 is 6.07. The molecule has 2 heterocycles. The number of nitrogens with two attached hydrogens (primary N) is 1. The Morgan fingerprint density at radius 3 is 2.57 bits per heavy atom. The Morgan fingerprint density at radius 2 is 1.97 bits per heavy atom. The SMILES string of the molecule is C[C@@H](NC(=O)c1ccc(=O)n(-c2cnn(C)c2Cl)n1)c1cc(N)cc(C(F)(F)F)c1. The minimum absolute atomic E-state index is 0.0844. The van der Waals surface area contributed by atoms with Gasteiger partial charge in [-0.3, -0.25) is 14.3 Å². The topological polar surface area (TPSA) is 108 Å². The average molecular weight is 441 g/mol. The Morgan fingerprint density at radius 1 is 1.27 bits per heavy atom. The highest BCUT2D eigenvalue weighted by molar-refractivity contribution is 6.31. The zero-order chi connectivity index (χ0) is 22.2. The fraction of sp³-hybridized carbons (Fsp3) is 0.222. The third-order valence-corrected chi connectivity index (χ3v) is 4.70. The number of halogens is 4. The van der Waals surface area contributed by atoms with Gasteiger partial charge in [-0.05, 0) is 36.8 Å². The number of aromatic nitrogens is 4. The lowest BCUT2D eigenvalue weighted by Gasteiger charge is -2.17. The summed E-state index contributed by atoms with van der Waals surface area (Å²) in [5, 5.41) is 10.6. The van der Waals surface area contributed by atoms with Crippen LogP contribution in [-0.2, 0) is 13.2 Å². The number of amides is 1. The molecule has 0 unspecified atom stereocenters. The summed E-state index contributed by atoms with van der Waals surface area (Å²) in [7, 11) is 1.57. The standard InChI is InChI=1S/C18H16ClF3N6O2/c1-9(10-5-11(18(20,21)22)7-12(23)6-10)25-17(30)13-3-4-15(29)28(26-13)14-8-24-27(2)16(14)19/h3-9H,23H2,1-2H3,(H,25,30)/t9-/m1/s1.